The van der Waals surface area contributed by atoms with Crippen molar-refractivity contribution < 1.29 is 37.9 Å². The van der Waals surface area contributed by atoms with Gasteiger partial charge in [0.25, 0.3) is 5.91 Å². The van der Waals surface area contributed by atoms with Crippen LogP contribution in [0.15, 0.2) is 120 Å². The number of carbonyl (C=O) groups is 5. The summed E-state index contributed by atoms with van der Waals surface area (Å²) in [5, 5.41) is 6.64. The van der Waals surface area contributed by atoms with Gasteiger partial charge in [-0.2, -0.15) is 0 Å². The zero-order chi connectivity index (χ0) is 45.6. The maximum absolute atomic E-state index is 14.1. The molecule has 0 aliphatic carbocycles. The molecule has 14 heteroatoms. The Morgan fingerprint density at radius 3 is 2.17 bits per heavy atom. The topological polar surface area (TPSA) is 176 Å². The monoisotopic (exact) mass is 878 g/mol. The zero-order valence-corrected chi connectivity index (χ0v) is 37.0. The first kappa shape index (κ1) is 44.4. The number of aromatic nitrogens is 2. The van der Waals surface area contributed by atoms with Crippen molar-refractivity contribution in [2.45, 2.75) is 90.1 Å². The Hall–Kier alpha value is -7.22. The third-order valence-electron chi connectivity index (χ3n) is 12.0. The fraction of sp³-hybridized carbons (Fsp3) is 0.333. The number of imidazole rings is 1. The Morgan fingerprint density at radius 1 is 0.769 bits per heavy atom. The van der Waals surface area contributed by atoms with Gasteiger partial charge < -0.3 is 39.3 Å². The zero-order valence-electron chi connectivity index (χ0n) is 37.0. The Balaban J connectivity index is 0.888. The lowest BCUT2D eigenvalue weighted by atomic mass is 10.0. The number of benzene rings is 4. The number of hydrogen-bond donors (Lipinski definition) is 3. The second-order valence-corrected chi connectivity index (χ2v) is 17.1. The fourth-order valence-electron chi connectivity index (χ4n) is 8.69. The number of rotatable bonds is 14. The Kier molecular flexibility index (Phi) is 13.4. The number of esters is 1. The molecule has 0 radical (unpaired) electrons. The van der Waals surface area contributed by atoms with Crippen molar-refractivity contribution >= 4 is 46.4 Å². The molecule has 65 heavy (non-hydrogen) atoms. The number of alkyl carbamates (subject to hydrolysis) is 1. The van der Waals surface area contributed by atoms with Crippen LogP contribution in [0.25, 0.3) is 33.6 Å². The highest BCUT2D eigenvalue weighted by Gasteiger charge is 2.38. The van der Waals surface area contributed by atoms with Crippen LogP contribution in [0.2, 0.25) is 0 Å². The van der Waals surface area contributed by atoms with E-state index in [9.17, 15) is 24.0 Å². The van der Waals surface area contributed by atoms with Gasteiger partial charge in [0.05, 0.1) is 30.5 Å². The summed E-state index contributed by atoms with van der Waals surface area (Å²) >= 11 is 0. The molecule has 2 saturated heterocycles. The molecule has 8 rings (SSSR count). The molecule has 0 spiro atoms. The number of fused-ring (bicyclic) bond motifs is 1. The van der Waals surface area contributed by atoms with Crippen molar-refractivity contribution in [3.8, 4) is 22.6 Å². The molecule has 14 nitrogen and oxygen atoms in total. The molecule has 3 N–H and O–H groups in total. The normalized spacial score (nSPS) is 17.4. The number of nitrogens with one attached hydrogen (secondary N) is 3. The molecule has 0 saturated carbocycles. The number of nitrogens with zero attached hydrogens (tertiary/aromatic N) is 3. The number of ether oxygens (including phenoxy) is 2. The van der Waals surface area contributed by atoms with Crippen molar-refractivity contribution in [3.05, 3.63) is 132 Å². The molecular formula is C51H54N6O8. The number of H-pyrrole nitrogens is 1. The van der Waals surface area contributed by atoms with Crippen LogP contribution in [-0.4, -0.2) is 74.8 Å². The lowest BCUT2D eigenvalue weighted by Gasteiger charge is -2.28. The highest BCUT2D eigenvalue weighted by molar-refractivity contribution is 5.98. The summed E-state index contributed by atoms with van der Waals surface area (Å²) in [4.78, 5) is 78.0. The van der Waals surface area contributed by atoms with Crippen LogP contribution < -0.4 is 10.6 Å². The van der Waals surface area contributed by atoms with Crippen LogP contribution in [0.3, 0.4) is 0 Å². The molecule has 4 aromatic carbocycles. The summed E-state index contributed by atoms with van der Waals surface area (Å²) < 4.78 is 17.2. The molecule has 0 bridgehead atoms. The number of furan rings is 1. The predicted molar refractivity (Wildman–Crippen MR) is 245 cm³/mol. The third kappa shape index (κ3) is 10.3. The van der Waals surface area contributed by atoms with Crippen LogP contribution >= 0.6 is 0 Å². The van der Waals surface area contributed by atoms with E-state index in [1.807, 2.05) is 97.1 Å². The molecule has 5 atom stereocenters. The largest absolute Gasteiger partial charge is 0.458 e. The van der Waals surface area contributed by atoms with Gasteiger partial charge in [0.2, 0.25) is 11.8 Å². The van der Waals surface area contributed by atoms with Crippen molar-refractivity contribution in [1.29, 1.82) is 0 Å². The van der Waals surface area contributed by atoms with Gasteiger partial charge in [-0.1, -0.05) is 67.6 Å². The molecule has 6 aromatic rings. The lowest BCUT2D eigenvalue weighted by Crippen LogP contribution is -2.45. The second-order valence-electron chi connectivity index (χ2n) is 17.1. The van der Waals surface area contributed by atoms with Crippen molar-refractivity contribution in [2.24, 2.45) is 5.92 Å². The van der Waals surface area contributed by atoms with Gasteiger partial charge in [-0.3, -0.25) is 19.2 Å². The van der Waals surface area contributed by atoms with Crippen molar-refractivity contribution in [1.82, 2.24) is 25.1 Å². The average Bonchev–Trinajstić information content (AvgIpc) is 4.15. The third-order valence-corrected chi connectivity index (χ3v) is 12.0. The predicted octanol–water partition coefficient (Wildman–Crippen LogP) is 9.29. The molecule has 2 aromatic heterocycles. The number of likely N-dealkylation sites (tertiary alicyclic amines) is 2. The molecule has 4 amide bonds. The molecule has 336 valence electrons. The van der Waals surface area contributed by atoms with E-state index < -0.39 is 36.2 Å². The first-order valence-corrected chi connectivity index (χ1v) is 22.3. The first-order valence-electron chi connectivity index (χ1n) is 22.3. The van der Waals surface area contributed by atoms with E-state index in [0.717, 1.165) is 40.6 Å². The highest BCUT2D eigenvalue weighted by Crippen LogP contribution is 2.36. The minimum atomic E-state index is -0.916. The van der Waals surface area contributed by atoms with Gasteiger partial charge in [0.1, 0.15) is 35.4 Å². The molecule has 1 unspecified atom stereocenters. The summed E-state index contributed by atoms with van der Waals surface area (Å²) in [7, 11) is 0. The molecule has 2 aliphatic rings. The summed E-state index contributed by atoms with van der Waals surface area (Å²) in [5.41, 5.74) is 5.32. The van der Waals surface area contributed by atoms with Gasteiger partial charge in [-0.15, -0.1) is 0 Å². The summed E-state index contributed by atoms with van der Waals surface area (Å²) in [6, 6.07) is 31.9. The maximum atomic E-state index is 14.1. The molecule has 2 fully saturated rings. The van der Waals surface area contributed by atoms with E-state index >= 15 is 0 Å². The molecule has 4 heterocycles. The van der Waals surface area contributed by atoms with Crippen molar-refractivity contribution in [2.75, 3.05) is 18.4 Å². The maximum Gasteiger partial charge on any atom is 0.408 e. The number of carbonyl (C=O) groups excluding carboxylic acids is 5. The Bertz CT molecular complexity index is 2640. The van der Waals surface area contributed by atoms with E-state index in [0.29, 0.717) is 54.3 Å². The van der Waals surface area contributed by atoms with Gasteiger partial charge in [0, 0.05) is 41.2 Å². The first-order chi connectivity index (χ1) is 31.4. The molecule has 2 aliphatic heterocycles. The van der Waals surface area contributed by atoms with Gasteiger partial charge in [-0.05, 0) is 106 Å². The SMILES string of the molecule is CC(C)OC(=O)N[C@@H](C(=O)N1CCC[C@H]1c1ncc(-c2ccc3oc(-c4ccc(NC(=O)[C@@H]5CCCN5C(=O)[C@@H](C)CC(=O)OC(C)c5ccccc5)cc4)cc3c2)[nH]1)c1ccccc1. The van der Waals surface area contributed by atoms with Gasteiger partial charge in [-0.25, -0.2) is 9.78 Å². The van der Waals surface area contributed by atoms with Crippen LogP contribution in [0.5, 0.6) is 0 Å². The fourth-order valence-corrected chi connectivity index (χ4v) is 8.69. The quantitative estimate of drug-likeness (QED) is 0.0901. The number of amides is 4. The summed E-state index contributed by atoms with van der Waals surface area (Å²) in [6.07, 6.45) is 2.99. The van der Waals surface area contributed by atoms with E-state index in [2.05, 4.69) is 15.6 Å². The van der Waals surface area contributed by atoms with Crippen LogP contribution in [-0.2, 0) is 28.7 Å². The van der Waals surface area contributed by atoms with E-state index in [1.165, 1.54) is 0 Å². The minimum Gasteiger partial charge on any atom is -0.458 e. The molecular weight excluding hydrogens is 825 g/mol. The number of hydrogen-bond acceptors (Lipinski definition) is 9. The number of aromatic amines is 1. The van der Waals surface area contributed by atoms with Gasteiger partial charge >= 0.3 is 12.1 Å². The van der Waals surface area contributed by atoms with Crippen LogP contribution in [0.4, 0.5) is 10.5 Å². The Labute approximate surface area is 377 Å². The summed E-state index contributed by atoms with van der Waals surface area (Å²) in [6.45, 7) is 7.98. The standard InChI is InChI=1S/C51H54N6O8/c1-31(2)63-51(62)55-46(36-15-9-6-10-16-36)50(61)56-25-11-17-41(56)47-52-30-40(54-47)37-21-24-43-38(28-37)29-44(65-43)35-19-22-39(23-20-35)53-48(59)42-18-12-26-57(42)49(60)32(3)27-45(58)64-33(4)34-13-7-5-8-14-34/h5-10,13-16,19-24,28-33,41-42,46H,11-12,17-18,25-27H2,1-4H3,(H,52,54)(H,53,59)(H,55,62)/t32-,33?,41-,42-,46+/m0/s1. The van der Waals surface area contributed by atoms with Crippen molar-refractivity contribution in [3.63, 3.8) is 0 Å². The average molecular weight is 879 g/mol. The van der Waals surface area contributed by atoms with E-state index in [4.69, 9.17) is 18.9 Å². The Morgan fingerprint density at radius 2 is 1.45 bits per heavy atom. The summed E-state index contributed by atoms with van der Waals surface area (Å²) in [5.74, 6) is -0.541. The van der Waals surface area contributed by atoms with Gasteiger partial charge in [0.15, 0.2) is 0 Å². The lowest BCUT2D eigenvalue weighted by molar-refractivity contribution is -0.153. The van der Waals surface area contributed by atoms with E-state index in [-0.39, 0.29) is 36.3 Å². The number of anilines is 1. The van der Waals surface area contributed by atoms with Crippen LogP contribution in [0, 0.1) is 5.92 Å². The van der Waals surface area contributed by atoms with E-state index in [1.54, 1.807) is 55.8 Å². The second kappa shape index (κ2) is 19.7. The minimum absolute atomic E-state index is 0.0755. The highest BCUT2D eigenvalue weighted by atomic mass is 16.6. The van der Waals surface area contributed by atoms with Crippen LogP contribution in [0.1, 0.15) is 94.9 Å². The smallest absolute Gasteiger partial charge is 0.408 e.